The summed E-state index contributed by atoms with van der Waals surface area (Å²) < 4.78 is 0. The maximum absolute atomic E-state index is 9.90. The van der Waals surface area contributed by atoms with Gasteiger partial charge in [0.25, 0.3) is 0 Å². The molecule has 1 unspecified atom stereocenters. The Bertz CT molecular complexity index is 485. The largest absolute Gasteiger partial charge is 0.392 e. The van der Waals surface area contributed by atoms with Gasteiger partial charge in [-0.3, -0.25) is 0 Å². The Morgan fingerprint density at radius 2 is 2.06 bits per heavy atom. The van der Waals surface area contributed by atoms with Gasteiger partial charge in [0.05, 0.1) is 16.1 Å². The SMILES string of the molecule is OC(Cc1ccc(Cl)c(Cl)c1)Cc1ncc[nH]1. The van der Waals surface area contributed by atoms with Gasteiger partial charge >= 0.3 is 0 Å². The van der Waals surface area contributed by atoms with Crippen LogP contribution in [0.25, 0.3) is 0 Å². The van der Waals surface area contributed by atoms with Crippen molar-refractivity contribution in [2.75, 3.05) is 0 Å². The number of imidazole rings is 1. The number of aliphatic hydroxyl groups excluding tert-OH is 1. The predicted molar refractivity (Wildman–Crippen MR) is 68.5 cm³/mol. The standard InChI is InChI=1S/C12H12Cl2N2O/c13-10-2-1-8(6-11(10)14)5-9(17)7-12-15-3-4-16-12/h1-4,6,9,17H,5,7H2,(H,15,16). The van der Waals surface area contributed by atoms with Crippen molar-refractivity contribution in [2.45, 2.75) is 18.9 Å². The molecule has 0 bridgehead atoms. The first-order chi connectivity index (χ1) is 8.15. The summed E-state index contributed by atoms with van der Waals surface area (Å²) in [4.78, 5) is 7.02. The molecule has 0 radical (unpaired) electrons. The second-order valence-corrected chi connectivity index (χ2v) is 4.66. The highest BCUT2D eigenvalue weighted by atomic mass is 35.5. The maximum Gasteiger partial charge on any atom is 0.108 e. The Labute approximate surface area is 109 Å². The molecule has 90 valence electrons. The van der Waals surface area contributed by atoms with E-state index in [0.29, 0.717) is 22.9 Å². The molecule has 1 atom stereocenters. The molecule has 0 amide bonds. The lowest BCUT2D eigenvalue weighted by Crippen LogP contribution is -2.14. The van der Waals surface area contributed by atoms with Crippen molar-refractivity contribution in [1.29, 1.82) is 0 Å². The normalized spacial score (nSPS) is 12.6. The van der Waals surface area contributed by atoms with Crippen LogP contribution in [-0.2, 0) is 12.8 Å². The minimum Gasteiger partial charge on any atom is -0.392 e. The fourth-order valence-electron chi connectivity index (χ4n) is 1.64. The van der Waals surface area contributed by atoms with Crippen LogP contribution in [0.4, 0.5) is 0 Å². The van der Waals surface area contributed by atoms with Gasteiger partial charge in [-0.2, -0.15) is 0 Å². The molecule has 2 rings (SSSR count). The molecule has 1 aromatic heterocycles. The molecule has 2 aromatic rings. The van der Waals surface area contributed by atoms with Gasteiger partial charge in [0.1, 0.15) is 5.82 Å². The van der Waals surface area contributed by atoms with Crippen molar-refractivity contribution in [3.63, 3.8) is 0 Å². The molecule has 2 N–H and O–H groups in total. The van der Waals surface area contributed by atoms with E-state index < -0.39 is 6.10 Å². The number of aromatic nitrogens is 2. The summed E-state index contributed by atoms with van der Waals surface area (Å²) in [6.45, 7) is 0. The molecule has 5 heteroatoms. The van der Waals surface area contributed by atoms with Crippen molar-refractivity contribution in [2.24, 2.45) is 0 Å². The number of aliphatic hydroxyl groups is 1. The molecule has 3 nitrogen and oxygen atoms in total. The number of nitrogens with one attached hydrogen (secondary N) is 1. The van der Waals surface area contributed by atoms with E-state index >= 15 is 0 Å². The molecule has 1 heterocycles. The van der Waals surface area contributed by atoms with Gasteiger partial charge in [0, 0.05) is 18.8 Å². The van der Waals surface area contributed by atoms with Crippen LogP contribution >= 0.6 is 23.2 Å². The van der Waals surface area contributed by atoms with E-state index in [4.69, 9.17) is 23.2 Å². The van der Waals surface area contributed by atoms with E-state index in [0.717, 1.165) is 11.4 Å². The highest BCUT2D eigenvalue weighted by Crippen LogP contribution is 2.23. The fraction of sp³-hybridized carbons (Fsp3) is 0.250. The molecule has 0 aliphatic carbocycles. The Balaban J connectivity index is 1.98. The smallest absolute Gasteiger partial charge is 0.108 e. The van der Waals surface area contributed by atoms with Crippen molar-refractivity contribution >= 4 is 23.2 Å². The van der Waals surface area contributed by atoms with Crippen LogP contribution in [0.15, 0.2) is 30.6 Å². The first kappa shape index (κ1) is 12.4. The van der Waals surface area contributed by atoms with Gasteiger partial charge in [0.2, 0.25) is 0 Å². The third kappa shape index (κ3) is 3.46. The fourth-order valence-corrected chi connectivity index (χ4v) is 1.96. The molecule has 17 heavy (non-hydrogen) atoms. The Hall–Kier alpha value is -1.03. The highest BCUT2D eigenvalue weighted by Gasteiger charge is 2.09. The number of nitrogens with zero attached hydrogens (tertiary/aromatic N) is 1. The van der Waals surface area contributed by atoms with Gasteiger partial charge < -0.3 is 10.1 Å². The van der Waals surface area contributed by atoms with Crippen molar-refractivity contribution < 1.29 is 5.11 Å². The van der Waals surface area contributed by atoms with Crippen LogP contribution in [0.2, 0.25) is 10.0 Å². The summed E-state index contributed by atoms with van der Waals surface area (Å²) >= 11 is 11.7. The van der Waals surface area contributed by atoms with E-state index in [1.807, 2.05) is 6.07 Å². The summed E-state index contributed by atoms with van der Waals surface area (Å²) in [7, 11) is 0. The third-order valence-corrected chi connectivity index (χ3v) is 3.18. The van der Waals surface area contributed by atoms with E-state index in [9.17, 15) is 5.11 Å². The zero-order chi connectivity index (χ0) is 12.3. The van der Waals surface area contributed by atoms with E-state index in [2.05, 4.69) is 9.97 Å². The predicted octanol–water partition coefficient (Wildman–Crippen LogP) is 2.86. The first-order valence-corrected chi connectivity index (χ1v) is 6.01. The highest BCUT2D eigenvalue weighted by molar-refractivity contribution is 6.42. The second kappa shape index (κ2) is 5.54. The van der Waals surface area contributed by atoms with E-state index in [1.165, 1.54) is 0 Å². The molecule has 0 aliphatic heterocycles. The van der Waals surface area contributed by atoms with Gasteiger partial charge in [0.15, 0.2) is 0 Å². The molecule has 0 saturated heterocycles. The van der Waals surface area contributed by atoms with E-state index in [-0.39, 0.29) is 0 Å². The Morgan fingerprint density at radius 1 is 1.24 bits per heavy atom. The molecule has 0 aliphatic rings. The minimum atomic E-state index is -0.488. The first-order valence-electron chi connectivity index (χ1n) is 5.25. The summed E-state index contributed by atoms with van der Waals surface area (Å²) in [6, 6.07) is 5.37. The zero-order valence-electron chi connectivity index (χ0n) is 9.03. The summed E-state index contributed by atoms with van der Waals surface area (Å²) in [6.07, 6.45) is 3.94. The van der Waals surface area contributed by atoms with Crippen molar-refractivity contribution in [3.8, 4) is 0 Å². The van der Waals surface area contributed by atoms with Crippen LogP contribution in [0.5, 0.6) is 0 Å². The lowest BCUT2D eigenvalue weighted by atomic mass is 10.1. The number of aromatic amines is 1. The topological polar surface area (TPSA) is 48.9 Å². The molecule has 0 spiro atoms. The zero-order valence-corrected chi connectivity index (χ0v) is 10.5. The lowest BCUT2D eigenvalue weighted by molar-refractivity contribution is 0.173. The number of hydrogen-bond acceptors (Lipinski definition) is 2. The van der Waals surface area contributed by atoms with Gasteiger partial charge in [-0.15, -0.1) is 0 Å². The monoisotopic (exact) mass is 270 g/mol. The minimum absolute atomic E-state index is 0.488. The molecular formula is C12H12Cl2N2O. The molecule has 0 fully saturated rings. The average molecular weight is 271 g/mol. The van der Waals surface area contributed by atoms with Crippen molar-refractivity contribution in [1.82, 2.24) is 9.97 Å². The van der Waals surface area contributed by atoms with E-state index in [1.54, 1.807) is 24.5 Å². The number of halogens is 2. The summed E-state index contributed by atoms with van der Waals surface area (Å²) in [5.41, 5.74) is 0.957. The number of benzene rings is 1. The quantitative estimate of drug-likeness (QED) is 0.898. The number of hydrogen-bond donors (Lipinski definition) is 2. The molecule has 1 aromatic carbocycles. The maximum atomic E-state index is 9.90. The lowest BCUT2D eigenvalue weighted by Gasteiger charge is -2.09. The van der Waals surface area contributed by atoms with Crippen LogP contribution < -0.4 is 0 Å². The Kier molecular flexibility index (Phi) is 4.05. The van der Waals surface area contributed by atoms with Crippen LogP contribution in [0.3, 0.4) is 0 Å². The van der Waals surface area contributed by atoms with Crippen LogP contribution in [-0.4, -0.2) is 21.2 Å². The second-order valence-electron chi connectivity index (χ2n) is 3.85. The van der Waals surface area contributed by atoms with Gasteiger partial charge in [-0.25, -0.2) is 4.98 Å². The van der Waals surface area contributed by atoms with Gasteiger partial charge in [-0.05, 0) is 24.1 Å². The number of H-pyrrole nitrogens is 1. The van der Waals surface area contributed by atoms with Crippen LogP contribution in [0, 0.1) is 0 Å². The third-order valence-electron chi connectivity index (χ3n) is 2.44. The average Bonchev–Trinajstić information content (AvgIpc) is 2.76. The van der Waals surface area contributed by atoms with Crippen LogP contribution in [0.1, 0.15) is 11.4 Å². The molecular weight excluding hydrogens is 259 g/mol. The summed E-state index contributed by atoms with van der Waals surface area (Å²) in [5, 5.41) is 10.9. The van der Waals surface area contributed by atoms with Crippen molar-refractivity contribution in [3.05, 3.63) is 52.0 Å². The van der Waals surface area contributed by atoms with Gasteiger partial charge in [-0.1, -0.05) is 29.3 Å². The molecule has 0 saturated carbocycles. The Morgan fingerprint density at radius 3 is 2.71 bits per heavy atom. The number of rotatable bonds is 4. The summed E-state index contributed by atoms with van der Waals surface area (Å²) in [5.74, 6) is 0.776.